The number of carbonyl (C=O) groups is 2. The van der Waals surface area contributed by atoms with E-state index in [1.54, 1.807) is 27.7 Å². The molecule has 1 aromatic carbocycles. The summed E-state index contributed by atoms with van der Waals surface area (Å²) < 4.78 is 37.3. The van der Waals surface area contributed by atoms with Crippen molar-refractivity contribution in [3.8, 4) is 5.75 Å². The van der Waals surface area contributed by atoms with E-state index in [4.69, 9.17) is 19.4 Å². The van der Waals surface area contributed by atoms with Crippen molar-refractivity contribution in [1.82, 2.24) is 0 Å². The summed E-state index contributed by atoms with van der Waals surface area (Å²) in [7, 11) is -3.68. The Morgan fingerprint density at radius 1 is 1.12 bits per heavy atom. The molecule has 0 aromatic heterocycles. The fraction of sp³-hybridized carbons (Fsp3) is 0.529. The minimum absolute atomic E-state index is 0.0738. The molecule has 2 N–H and O–H groups in total. The quantitative estimate of drug-likeness (QED) is 0.549. The molecule has 0 aliphatic heterocycles. The van der Waals surface area contributed by atoms with Crippen LogP contribution in [0.3, 0.4) is 0 Å². The number of hydrogen-bond donors (Lipinski definition) is 1. The largest absolute Gasteiger partial charge is 0.465 e. The molecule has 8 nitrogen and oxygen atoms in total. The highest BCUT2D eigenvalue weighted by atomic mass is 32.2. The van der Waals surface area contributed by atoms with Crippen LogP contribution >= 0.6 is 0 Å². The van der Waals surface area contributed by atoms with Crippen molar-refractivity contribution in [2.75, 3.05) is 12.9 Å². The Bertz CT molecular complexity index is 735. The number of ether oxygens (including phenoxy) is 2. The first-order valence-corrected chi connectivity index (χ1v) is 9.80. The average molecular weight is 387 g/mol. The third kappa shape index (κ3) is 7.01. The first-order chi connectivity index (χ1) is 11.8. The normalized spacial score (nSPS) is 14.2. The van der Waals surface area contributed by atoms with Gasteiger partial charge in [0.1, 0.15) is 23.3 Å². The minimum atomic E-state index is -3.68. The second-order valence-corrected chi connectivity index (χ2v) is 8.22. The summed E-state index contributed by atoms with van der Waals surface area (Å²) in [6.07, 6.45) is 0.917. The zero-order chi connectivity index (χ0) is 20.1. The van der Waals surface area contributed by atoms with E-state index in [1.165, 1.54) is 24.3 Å². The lowest BCUT2D eigenvalue weighted by molar-refractivity contribution is -0.161. The van der Waals surface area contributed by atoms with E-state index in [-0.39, 0.29) is 12.4 Å². The van der Waals surface area contributed by atoms with Crippen molar-refractivity contribution in [1.29, 1.82) is 0 Å². The van der Waals surface area contributed by atoms with Gasteiger partial charge in [0.2, 0.25) is 0 Å². The maximum atomic E-state index is 12.3. The maximum absolute atomic E-state index is 12.3. The van der Waals surface area contributed by atoms with Crippen LogP contribution in [-0.4, -0.2) is 44.9 Å². The van der Waals surface area contributed by atoms with Gasteiger partial charge in [0, 0.05) is 0 Å². The first-order valence-electron chi connectivity index (χ1n) is 7.98. The predicted molar refractivity (Wildman–Crippen MR) is 95.1 cm³/mol. The molecule has 2 unspecified atom stereocenters. The number of benzene rings is 1. The van der Waals surface area contributed by atoms with E-state index in [0.29, 0.717) is 5.56 Å². The Morgan fingerprint density at radius 2 is 1.65 bits per heavy atom. The van der Waals surface area contributed by atoms with E-state index in [9.17, 15) is 18.0 Å². The Labute approximate surface area is 153 Å². The van der Waals surface area contributed by atoms with E-state index in [2.05, 4.69) is 0 Å². The van der Waals surface area contributed by atoms with Crippen LogP contribution in [0.5, 0.6) is 5.75 Å². The molecule has 9 heteroatoms. The van der Waals surface area contributed by atoms with E-state index >= 15 is 0 Å². The molecule has 1 rings (SSSR count). The third-order valence-corrected chi connectivity index (χ3v) is 3.56. The highest BCUT2D eigenvalue weighted by Gasteiger charge is 2.36. The van der Waals surface area contributed by atoms with Crippen molar-refractivity contribution >= 4 is 22.1 Å². The summed E-state index contributed by atoms with van der Waals surface area (Å²) in [5.74, 6) is -2.45. The van der Waals surface area contributed by atoms with Crippen LogP contribution in [0.4, 0.5) is 0 Å². The van der Waals surface area contributed by atoms with Gasteiger partial charge >= 0.3 is 22.1 Å². The zero-order valence-electron chi connectivity index (χ0n) is 15.5. The lowest BCUT2D eigenvalue weighted by atomic mass is 9.91. The van der Waals surface area contributed by atoms with Gasteiger partial charge in [0.05, 0.1) is 12.9 Å². The highest BCUT2D eigenvalue weighted by Crippen LogP contribution is 2.25. The Balaban J connectivity index is 3.14. The zero-order valence-corrected chi connectivity index (χ0v) is 16.3. The SMILES string of the molecule is CCOC(=O)C(c1ccc(OS(C)(=O)=O)cc1)C(N)C(=O)OC(C)(C)C. The molecule has 0 aliphatic rings. The molecule has 1 aromatic rings. The highest BCUT2D eigenvalue weighted by molar-refractivity contribution is 7.86. The molecule has 0 radical (unpaired) electrons. The van der Waals surface area contributed by atoms with Crippen molar-refractivity contribution < 1.29 is 31.7 Å². The fourth-order valence-corrected chi connectivity index (χ4v) is 2.59. The number of carbonyl (C=O) groups excluding carboxylic acids is 2. The van der Waals surface area contributed by atoms with Gasteiger partial charge in [-0.2, -0.15) is 8.42 Å². The molecule has 0 bridgehead atoms. The molecule has 146 valence electrons. The second kappa shape index (κ2) is 8.50. The Morgan fingerprint density at radius 3 is 2.08 bits per heavy atom. The Kier molecular flexibility index (Phi) is 7.16. The van der Waals surface area contributed by atoms with Crippen LogP contribution in [0, 0.1) is 0 Å². The summed E-state index contributed by atoms with van der Waals surface area (Å²) >= 11 is 0. The number of hydrogen-bond acceptors (Lipinski definition) is 8. The second-order valence-electron chi connectivity index (χ2n) is 6.65. The van der Waals surface area contributed by atoms with E-state index < -0.39 is 39.6 Å². The van der Waals surface area contributed by atoms with Gasteiger partial charge in [0.15, 0.2) is 0 Å². The van der Waals surface area contributed by atoms with E-state index in [0.717, 1.165) is 6.26 Å². The van der Waals surface area contributed by atoms with Gasteiger partial charge in [-0.3, -0.25) is 9.59 Å². The number of esters is 2. The van der Waals surface area contributed by atoms with Crippen LogP contribution in [0.1, 0.15) is 39.2 Å². The molecule has 0 fully saturated rings. The van der Waals surface area contributed by atoms with Gasteiger partial charge < -0.3 is 19.4 Å². The Hall–Kier alpha value is -2.13. The van der Waals surface area contributed by atoms with Crippen LogP contribution in [0.2, 0.25) is 0 Å². The fourth-order valence-electron chi connectivity index (χ4n) is 2.13. The molecule has 2 atom stereocenters. The lowest BCUT2D eigenvalue weighted by Crippen LogP contribution is -2.44. The van der Waals surface area contributed by atoms with Gasteiger partial charge in [-0.05, 0) is 45.4 Å². The molecular weight excluding hydrogens is 362 g/mol. The number of nitrogens with two attached hydrogens (primary N) is 1. The third-order valence-electron chi connectivity index (χ3n) is 3.07. The average Bonchev–Trinajstić information content (AvgIpc) is 2.46. The smallest absolute Gasteiger partial charge is 0.324 e. The first kappa shape index (κ1) is 21.9. The molecule has 0 spiro atoms. The molecule has 0 saturated heterocycles. The van der Waals surface area contributed by atoms with Crippen LogP contribution < -0.4 is 9.92 Å². The minimum Gasteiger partial charge on any atom is -0.465 e. The molecular formula is C17H25NO7S. The standard InChI is InChI=1S/C17H25NO7S/c1-6-23-15(19)13(14(18)16(20)24-17(2,3)4)11-7-9-12(10-8-11)25-26(5,21)22/h7-10,13-14H,6,18H2,1-5H3. The molecule has 0 amide bonds. The van der Waals surface area contributed by atoms with E-state index in [1.807, 2.05) is 0 Å². The van der Waals surface area contributed by atoms with Gasteiger partial charge in [-0.15, -0.1) is 0 Å². The molecule has 0 heterocycles. The van der Waals surface area contributed by atoms with Crippen molar-refractivity contribution in [2.45, 2.75) is 45.3 Å². The number of rotatable bonds is 7. The van der Waals surface area contributed by atoms with Gasteiger partial charge in [0.25, 0.3) is 0 Å². The summed E-state index contributed by atoms with van der Waals surface area (Å²) in [5, 5.41) is 0. The summed E-state index contributed by atoms with van der Waals surface area (Å²) in [6, 6.07) is 4.35. The molecule has 0 saturated carbocycles. The van der Waals surface area contributed by atoms with Gasteiger partial charge in [-0.25, -0.2) is 0 Å². The summed E-state index contributed by atoms with van der Waals surface area (Å²) in [5.41, 5.74) is 5.58. The monoisotopic (exact) mass is 387 g/mol. The lowest BCUT2D eigenvalue weighted by Gasteiger charge is -2.26. The van der Waals surface area contributed by atoms with Crippen LogP contribution in [0.15, 0.2) is 24.3 Å². The summed E-state index contributed by atoms with van der Waals surface area (Å²) in [4.78, 5) is 24.6. The van der Waals surface area contributed by atoms with Crippen molar-refractivity contribution in [2.24, 2.45) is 5.73 Å². The van der Waals surface area contributed by atoms with Crippen molar-refractivity contribution in [3.63, 3.8) is 0 Å². The van der Waals surface area contributed by atoms with Crippen LogP contribution in [-0.2, 0) is 29.2 Å². The topological polar surface area (TPSA) is 122 Å². The predicted octanol–water partition coefficient (Wildman–Crippen LogP) is 1.34. The van der Waals surface area contributed by atoms with Gasteiger partial charge in [-0.1, -0.05) is 12.1 Å². The van der Waals surface area contributed by atoms with Crippen molar-refractivity contribution in [3.05, 3.63) is 29.8 Å². The summed E-state index contributed by atoms with van der Waals surface area (Å²) in [6.45, 7) is 6.82. The molecule has 0 aliphatic carbocycles. The molecule has 26 heavy (non-hydrogen) atoms. The van der Waals surface area contributed by atoms with Crippen LogP contribution in [0.25, 0.3) is 0 Å². The maximum Gasteiger partial charge on any atom is 0.324 e.